The summed E-state index contributed by atoms with van der Waals surface area (Å²) in [6.07, 6.45) is 4.87. The van der Waals surface area contributed by atoms with Crippen LogP contribution >= 0.6 is 34.9 Å². The first-order valence-electron chi connectivity index (χ1n) is 7.65. The van der Waals surface area contributed by atoms with Crippen LogP contribution in [0.25, 0.3) is 15.8 Å². The van der Waals surface area contributed by atoms with Crippen molar-refractivity contribution in [2.24, 2.45) is 10.9 Å². The van der Waals surface area contributed by atoms with Crippen LogP contribution in [0.2, 0.25) is 0 Å². The molecule has 0 bridgehead atoms. The van der Waals surface area contributed by atoms with Crippen LogP contribution in [0, 0.1) is 5.92 Å². The molecular formula is C17H16N2S3. The number of benzene rings is 1. The lowest BCUT2D eigenvalue weighted by atomic mass is 10.0. The van der Waals surface area contributed by atoms with Gasteiger partial charge in [-0.05, 0) is 48.6 Å². The van der Waals surface area contributed by atoms with Gasteiger partial charge in [0.2, 0.25) is 0 Å². The summed E-state index contributed by atoms with van der Waals surface area (Å²) in [6.45, 7) is 1.99. The third-order valence-corrected chi connectivity index (χ3v) is 7.34. The van der Waals surface area contributed by atoms with Crippen molar-refractivity contribution >= 4 is 55.8 Å². The van der Waals surface area contributed by atoms with Crippen molar-refractivity contribution in [3.63, 3.8) is 0 Å². The van der Waals surface area contributed by atoms with E-state index in [1.165, 1.54) is 44.3 Å². The lowest BCUT2D eigenvalue weighted by molar-refractivity contribution is 0.646. The SMILES string of the molecule is CSc1cc(C2=C(C3CC3)SC3=NCCN32)c2ccsc2c1. The van der Waals surface area contributed by atoms with Gasteiger partial charge in [-0.15, -0.1) is 23.1 Å². The summed E-state index contributed by atoms with van der Waals surface area (Å²) >= 11 is 5.62. The summed E-state index contributed by atoms with van der Waals surface area (Å²) in [6, 6.07) is 7.00. The van der Waals surface area contributed by atoms with E-state index >= 15 is 0 Å². The van der Waals surface area contributed by atoms with Crippen LogP contribution in [0.5, 0.6) is 0 Å². The summed E-state index contributed by atoms with van der Waals surface area (Å²) in [5.74, 6) is 0.778. The van der Waals surface area contributed by atoms with Gasteiger partial charge in [-0.3, -0.25) is 4.99 Å². The number of hydrogen-bond donors (Lipinski definition) is 0. The highest BCUT2D eigenvalue weighted by atomic mass is 32.2. The van der Waals surface area contributed by atoms with Crippen LogP contribution in [0.4, 0.5) is 0 Å². The van der Waals surface area contributed by atoms with Crippen molar-refractivity contribution in [3.05, 3.63) is 34.0 Å². The number of allylic oxidation sites excluding steroid dienone is 1. The molecule has 1 fully saturated rings. The molecule has 2 aromatic rings. The van der Waals surface area contributed by atoms with Crippen LogP contribution in [-0.2, 0) is 0 Å². The summed E-state index contributed by atoms with van der Waals surface area (Å²) in [5, 5.41) is 4.86. The van der Waals surface area contributed by atoms with Gasteiger partial charge in [0.15, 0.2) is 5.17 Å². The Hall–Kier alpha value is -0.910. The number of amidine groups is 1. The molecule has 5 rings (SSSR count). The Labute approximate surface area is 142 Å². The van der Waals surface area contributed by atoms with Crippen molar-refractivity contribution < 1.29 is 0 Å². The van der Waals surface area contributed by atoms with E-state index in [0.717, 1.165) is 19.0 Å². The lowest BCUT2D eigenvalue weighted by Gasteiger charge is -2.19. The number of rotatable bonds is 3. The fourth-order valence-electron chi connectivity index (χ4n) is 3.26. The van der Waals surface area contributed by atoms with Gasteiger partial charge < -0.3 is 4.90 Å². The Balaban J connectivity index is 1.76. The zero-order chi connectivity index (χ0) is 14.7. The van der Waals surface area contributed by atoms with Gasteiger partial charge in [-0.25, -0.2) is 0 Å². The fraction of sp³-hybridized carbons (Fsp3) is 0.353. The first kappa shape index (κ1) is 13.5. The standard InChI is InChI=1S/C17H16N2S3/c1-20-11-8-13(12-4-7-21-14(12)9-11)15-16(10-2-3-10)22-17-18-5-6-19(15)17/h4,7-10H,2-3,5-6H2,1H3. The molecular weight excluding hydrogens is 328 g/mol. The molecule has 0 unspecified atom stereocenters. The summed E-state index contributed by atoms with van der Waals surface area (Å²) < 4.78 is 1.40. The maximum Gasteiger partial charge on any atom is 0.168 e. The Kier molecular flexibility index (Phi) is 3.10. The van der Waals surface area contributed by atoms with E-state index in [2.05, 4.69) is 34.7 Å². The van der Waals surface area contributed by atoms with Crippen molar-refractivity contribution in [2.45, 2.75) is 17.7 Å². The Bertz CT molecular complexity index is 830. The molecule has 1 aliphatic carbocycles. The molecule has 0 radical (unpaired) electrons. The zero-order valence-corrected chi connectivity index (χ0v) is 14.8. The summed E-state index contributed by atoms with van der Waals surface area (Å²) in [7, 11) is 0. The van der Waals surface area contributed by atoms with Crippen LogP contribution in [0.1, 0.15) is 18.4 Å². The molecule has 3 heterocycles. The largest absolute Gasteiger partial charge is 0.318 e. The van der Waals surface area contributed by atoms with Gasteiger partial charge in [-0.1, -0.05) is 11.8 Å². The highest BCUT2D eigenvalue weighted by molar-refractivity contribution is 8.17. The quantitative estimate of drug-likeness (QED) is 0.719. The summed E-state index contributed by atoms with van der Waals surface area (Å²) in [5.41, 5.74) is 2.88. The molecule has 0 saturated heterocycles. The summed E-state index contributed by atoms with van der Waals surface area (Å²) in [4.78, 5) is 10.1. The molecule has 0 spiro atoms. The molecule has 1 aromatic carbocycles. The van der Waals surface area contributed by atoms with Crippen molar-refractivity contribution in [1.29, 1.82) is 0 Å². The van der Waals surface area contributed by atoms with E-state index in [0.29, 0.717) is 0 Å². The highest BCUT2D eigenvalue weighted by Crippen LogP contribution is 2.53. The van der Waals surface area contributed by atoms with E-state index in [-0.39, 0.29) is 0 Å². The number of aliphatic imine (C=N–C) groups is 1. The van der Waals surface area contributed by atoms with Crippen LogP contribution < -0.4 is 0 Å². The second-order valence-electron chi connectivity index (χ2n) is 5.91. The van der Waals surface area contributed by atoms with E-state index in [4.69, 9.17) is 4.99 Å². The number of nitrogens with zero attached hydrogens (tertiary/aromatic N) is 2. The van der Waals surface area contributed by atoms with E-state index in [1.807, 2.05) is 34.9 Å². The molecule has 2 nitrogen and oxygen atoms in total. The average molecular weight is 345 g/mol. The highest BCUT2D eigenvalue weighted by Gasteiger charge is 2.40. The zero-order valence-electron chi connectivity index (χ0n) is 12.3. The number of fused-ring (bicyclic) bond motifs is 2. The minimum Gasteiger partial charge on any atom is -0.318 e. The van der Waals surface area contributed by atoms with E-state index in [1.54, 1.807) is 4.91 Å². The molecule has 5 heteroatoms. The number of hydrogen-bond acceptors (Lipinski definition) is 5. The van der Waals surface area contributed by atoms with Gasteiger partial charge in [0.1, 0.15) is 0 Å². The molecule has 2 aliphatic heterocycles. The van der Waals surface area contributed by atoms with Gasteiger partial charge in [0.05, 0.1) is 12.2 Å². The van der Waals surface area contributed by atoms with E-state index < -0.39 is 0 Å². The normalized spacial score (nSPS) is 21.0. The monoisotopic (exact) mass is 344 g/mol. The molecule has 1 aromatic heterocycles. The van der Waals surface area contributed by atoms with Gasteiger partial charge in [0.25, 0.3) is 0 Å². The average Bonchev–Trinajstić information content (AvgIpc) is 2.97. The molecule has 1 saturated carbocycles. The first-order valence-corrected chi connectivity index (χ1v) is 10.6. The van der Waals surface area contributed by atoms with Crippen LogP contribution in [0.15, 0.2) is 38.4 Å². The molecule has 0 N–H and O–H groups in total. The topological polar surface area (TPSA) is 15.6 Å². The molecule has 112 valence electrons. The third kappa shape index (κ3) is 1.99. The number of thioether (sulfide) groups is 2. The second kappa shape index (κ2) is 5.05. The van der Waals surface area contributed by atoms with Gasteiger partial charge >= 0.3 is 0 Å². The van der Waals surface area contributed by atoms with Crippen molar-refractivity contribution in [1.82, 2.24) is 4.90 Å². The van der Waals surface area contributed by atoms with E-state index in [9.17, 15) is 0 Å². The fourth-order valence-corrected chi connectivity index (χ4v) is 6.02. The minimum atomic E-state index is 0.778. The molecule has 0 amide bonds. The molecule has 22 heavy (non-hydrogen) atoms. The maximum atomic E-state index is 4.71. The molecule has 3 aliphatic rings. The van der Waals surface area contributed by atoms with Crippen molar-refractivity contribution in [3.8, 4) is 0 Å². The smallest absolute Gasteiger partial charge is 0.168 e. The second-order valence-corrected chi connectivity index (χ2v) is 8.75. The third-order valence-electron chi connectivity index (χ3n) is 4.49. The lowest BCUT2D eigenvalue weighted by Crippen LogP contribution is -2.20. The first-order chi connectivity index (χ1) is 10.8. The molecule has 0 atom stereocenters. The Morgan fingerprint density at radius 2 is 2.23 bits per heavy atom. The van der Waals surface area contributed by atoms with Crippen LogP contribution in [0.3, 0.4) is 0 Å². The Morgan fingerprint density at radius 3 is 3.05 bits per heavy atom. The predicted molar refractivity (Wildman–Crippen MR) is 99.8 cm³/mol. The number of thiophene rings is 1. The minimum absolute atomic E-state index is 0.778. The van der Waals surface area contributed by atoms with Crippen LogP contribution in [-0.4, -0.2) is 29.4 Å². The van der Waals surface area contributed by atoms with Crippen molar-refractivity contribution in [2.75, 3.05) is 19.3 Å². The predicted octanol–water partition coefficient (Wildman–Crippen LogP) is 5.12. The van der Waals surface area contributed by atoms with Gasteiger partial charge in [0, 0.05) is 32.0 Å². The maximum absolute atomic E-state index is 4.71. The Morgan fingerprint density at radius 1 is 1.32 bits per heavy atom. The van der Waals surface area contributed by atoms with Gasteiger partial charge in [-0.2, -0.15) is 0 Å².